The average molecular weight is 348 g/mol. The third-order valence-electron chi connectivity index (χ3n) is 5.65. The van der Waals surface area contributed by atoms with Crippen LogP contribution in [-0.2, 0) is 9.53 Å². The second kappa shape index (κ2) is 8.32. The lowest BCUT2D eigenvalue weighted by atomic mass is 9.98. The number of likely N-dealkylation sites (tertiary alicyclic amines) is 2. The fraction of sp³-hybridized carbons (Fsp3) is 0.789. The number of amides is 1. The van der Waals surface area contributed by atoms with Crippen molar-refractivity contribution in [2.24, 2.45) is 0 Å². The molecule has 3 heterocycles. The summed E-state index contributed by atoms with van der Waals surface area (Å²) in [6, 6.07) is 0. The number of aromatic amines is 1. The van der Waals surface area contributed by atoms with Crippen LogP contribution in [0.2, 0.25) is 0 Å². The van der Waals surface area contributed by atoms with Crippen molar-refractivity contribution in [1.29, 1.82) is 0 Å². The van der Waals surface area contributed by atoms with Crippen molar-refractivity contribution in [3.63, 3.8) is 0 Å². The Morgan fingerprint density at radius 3 is 2.72 bits per heavy atom. The topological polar surface area (TPSA) is 61.5 Å². The predicted molar refractivity (Wildman–Crippen MR) is 97.7 cm³/mol. The Kier molecular flexibility index (Phi) is 6.12. The lowest BCUT2D eigenvalue weighted by Crippen LogP contribution is -2.35. The zero-order valence-electron chi connectivity index (χ0n) is 15.9. The molecule has 2 aliphatic rings. The van der Waals surface area contributed by atoms with Crippen molar-refractivity contribution in [3.05, 3.63) is 17.0 Å². The number of aryl methyl sites for hydroxylation is 2. The van der Waals surface area contributed by atoms with Crippen LogP contribution in [-0.4, -0.2) is 71.3 Å². The molecular weight excluding hydrogens is 316 g/mol. The van der Waals surface area contributed by atoms with Gasteiger partial charge in [0, 0.05) is 30.9 Å². The Morgan fingerprint density at radius 1 is 1.28 bits per heavy atom. The van der Waals surface area contributed by atoms with E-state index in [-0.39, 0.29) is 17.9 Å². The first-order chi connectivity index (χ1) is 12.1. The summed E-state index contributed by atoms with van der Waals surface area (Å²) < 4.78 is 6.05. The summed E-state index contributed by atoms with van der Waals surface area (Å²) in [5.41, 5.74) is 2.96. The van der Waals surface area contributed by atoms with Crippen LogP contribution >= 0.6 is 0 Å². The second-order valence-electron chi connectivity index (χ2n) is 7.54. The van der Waals surface area contributed by atoms with Crippen LogP contribution in [0.3, 0.4) is 0 Å². The molecule has 6 nitrogen and oxygen atoms in total. The molecule has 0 bridgehead atoms. The van der Waals surface area contributed by atoms with Crippen LogP contribution in [0.25, 0.3) is 0 Å². The highest BCUT2D eigenvalue weighted by Gasteiger charge is 2.31. The number of H-pyrrole nitrogens is 1. The minimum absolute atomic E-state index is 0.147. The number of aromatic nitrogens is 2. The molecule has 0 radical (unpaired) electrons. The Morgan fingerprint density at radius 2 is 2.04 bits per heavy atom. The van der Waals surface area contributed by atoms with E-state index in [1.54, 1.807) is 0 Å². The first kappa shape index (κ1) is 18.4. The van der Waals surface area contributed by atoms with Crippen LogP contribution in [0.4, 0.5) is 0 Å². The van der Waals surface area contributed by atoms with E-state index in [9.17, 15) is 4.79 Å². The normalized spacial score (nSPS) is 23.2. The lowest BCUT2D eigenvalue weighted by molar-refractivity contribution is -0.132. The van der Waals surface area contributed by atoms with Gasteiger partial charge in [-0.15, -0.1) is 0 Å². The summed E-state index contributed by atoms with van der Waals surface area (Å²) in [7, 11) is 0. The summed E-state index contributed by atoms with van der Waals surface area (Å²) in [5.74, 6) is 0.0422. The van der Waals surface area contributed by atoms with Gasteiger partial charge in [-0.1, -0.05) is 6.42 Å². The van der Waals surface area contributed by atoms with E-state index in [2.05, 4.69) is 15.1 Å². The number of hydrogen-bond acceptors (Lipinski definition) is 4. The lowest BCUT2D eigenvalue weighted by Gasteiger charge is -2.26. The molecule has 25 heavy (non-hydrogen) atoms. The van der Waals surface area contributed by atoms with Gasteiger partial charge in [0.05, 0.1) is 24.3 Å². The maximum atomic E-state index is 12.8. The van der Waals surface area contributed by atoms with Gasteiger partial charge in [0.1, 0.15) is 0 Å². The standard InChI is InChI=1S/C19H32N4O2/c1-14(18-15(2)20-21-16(18)3)19(24)23-10-7-17(13-23)25-12-11-22-8-5-4-6-9-22/h14,17H,4-13H2,1-3H3,(H,20,21)/t14-,17+/m1/s1. The molecule has 2 saturated heterocycles. The van der Waals surface area contributed by atoms with Crippen molar-refractivity contribution in [2.45, 2.75) is 58.5 Å². The summed E-state index contributed by atoms with van der Waals surface area (Å²) in [6.45, 7) is 11.7. The van der Waals surface area contributed by atoms with Crippen LogP contribution in [0.15, 0.2) is 0 Å². The molecule has 0 unspecified atom stereocenters. The first-order valence-corrected chi connectivity index (χ1v) is 9.70. The quantitative estimate of drug-likeness (QED) is 0.856. The minimum Gasteiger partial charge on any atom is -0.375 e. The molecule has 2 aliphatic heterocycles. The number of rotatable bonds is 6. The number of hydrogen-bond donors (Lipinski definition) is 1. The van der Waals surface area contributed by atoms with Gasteiger partial charge >= 0.3 is 0 Å². The fourth-order valence-corrected chi connectivity index (χ4v) is 4.19. The number of ether oxygens (including phenoxy) is 1. The first-order valence-electron chi connectivity index (χ1n) is 9.70. The number of carbonyl (C=O) groups excluding carboxylic acids is 1. The second-order valence-corrected chi connectivity index (χ2v) is 7.54. The molecule has 1 aromatic rings. The van der Waals surface area contributed by atoms with Gasteiger partial charge in [-0.25, -0.2) is 0 Å². The van der Waals surface area contributed by atoms with Crippen molar-refractivity contribution in [1.82, 2.24) is 20.0 Å². The Hall–Kier alpha value is -1.40. The molecule has 1 aromatic heterocycles. The van der Waals surface area contributed by atoms with Crippen LogP contribution < -0.4 is 0 Å². The smallest absolute Gasteiger partial charge is 0.230 e. The zero-order valence-corrected chi connectivity index (χ0v) is 15.9. The highest BCUT2D eigenvalue weighted by atomic mass is 16.5. The number of piperidine rings is 1. The molecule has 1 N–H and O–H groups in total. The van der Waals surface area contributed by atoms with Crippen molar-refractivity contribution < 1.29 is 9.53 Å². The van der Waals surface area contributed by atoms with Gasteiger partial charge in [-0.05, 0) is 53.1 Å². The molecular formula is C19H32N4O2. The van der Waals surface area contributed by atoms with Gasteiger partial charge in [0.25, 0.3) is 0 Å². The summed E-state index contributed by atoms with van der Waals surface area (Å²) >= 11 is 0. The van der Waals surface area contributed by atoms with Crippen molar-refractivity contribution in [2.75, 3.05) is 39.3 Å². The molecule has 2 atom stereocenters. The van der Waals surface area contributed by atoms with Crippen molar-refractivity contribution in [3.8, 4) is 0 Å². The van der Waals surface area contributed by atoms with E-state index in [1.165, 1.54) is 32.4 Å². The molecule has 0 aliphatic carbocycles. The highest BCUT2D eigenvalue weighted by Crippen LogP contribution is 2.25. The van der Waals surface area contributed by atoms with E-state index < -0.39 is 0 Å². The number of nitrogens with one attached hydrogen (secondary N) is 1. The van der Waals surface area contributed by atoms with Crippen LogP contribution in [0.5, 0.6) is 0 Å². The van der Waals surface area contributed by atoms with Crippen molar-refractivity contribution >= 4 is 5.91 Å². The molecule has 0 spiro atoms. The van der Waals surface area contributed by atoms with Crippen LogP contribution in [0, 0.1) is 13.8 Å². The van der Waals surface area contributed by atoms with Gasteiger partial charge in [-0.3, -0.25) is 9.89 Å². The Labute approximate surface area is 150 Å². The zero-order chi connectivity index (χ0) is 17.8. The molecule has 3 rings (SSSR count). The maximum absolute atomic E-state index is 12.8. The van der Waals surface area contributed by atoms with Gasteiger partial charge in [-0.2, -0.15) is 5.10 Å². The average Bonchev–Trinajstić information content (AvgIpc) is 3.21. The largest absolute Gasteiger partial charge is 0.375 e. The van der Waals surface area contributed by atoms with Gasteiger partial charge in [0.2, 0.25) is 5.91 Å². The molecule has 0 aromatic carbocycles. The third kappa shape index (κ3) is 4.42. The third-order valence-corrected chi connectivity index (χ3v) is 5.65. The van der Waals surface area contributed by atoms with E-state index in [4.69, 9.17) is 4.74 Å². The summed E-state index contributed by atoms with van der Waals surface area (Å²) in [5, 5.41) is 7.20. The molecule has 1 amide bonds. The summed E-state index contributed by atoms with van der Waals surface area (Å²) in [6.07, 6.45) is 5.13. The Balaban J connectivity index is 1.44. The molecule has 0 saturated carbocycles. The predicted octanol–water partition coefficient (Wildman–Crippen LogP) is 2.23. The van der Waals surface area contributed by atoms with Crippen LogP contribution in [0.1, 0.15) is 55.5 Å². The molecule has 6 heteroatoms. The maximum Gasteiger partial charge on any atom is 0.230 e. The number of nitrogens with zero attached hydrogens (tertiary/aromatic N) is 3. The molecule has 140 valence electrons. The fourth-order valence-electron chi connectivity index (χ4n) is 4.19. The van der Waals surface area contributed by atoms with Gasteiger partial charge in [0.15, 0.2) is 0 Å². The highest BCUT2D eigenvalue weighted by molar-refractivity contribution is 5.84. The van der Waals surface area contributed by atoms with Gasteiger partial charge < -0.3 is 14.5 Å². The monoisotopic (exact) mass is 348 g/mol. The van der Waals surface area contributed by atoms with E-state index in [0.29, 0.717) is 0 Å². The number of carbonyl (C=O) groups is 1. The minimum atomic E-state index is -0.147. The van der Waals surface area contributed by atoms with E-state index >= 15 is 0 Å². The Bertz CT molecular complexity index is 560. The van der Waals surface area contributed by atoms with E-state index in [0.717, 1.165) is 49.6 Å². The summed E-state index contributed by atoms with van der Waals surface area (Å²) in [4.78, 5) is 17.3. The van der Waals surface area contributed by atoms with E-state index in [1.807, 2.05) is 25.7 Å². The SMILES string of the molecule is Cc1n[nH]c(C)c1[C@@H](C)C(=O)N1CC[C@H](OCCN2CCCCC2)C1. The molecule has 2 fully saturated rings.